The highest BCUT2D eigenvalue weighted by Crippen LogP contribution is 2.43. The van der Waals surface area contributed by atoms with E-state index >= 15 is 0 Å². The van der Waals surface area contributed by atoms with E-state index in [0.717, 1.165) is 57.8 Å². The molecule has 0 fully saturated rings. The molecule has 0 aliphatic carbocycles. The fourth-order valence-electron chi connectivity index (χ4n) is 4.23. The number of allylic oxidation sites excluding steroid dienone is 15. The molecule has 0 radical (unpaired) electrons. The number of hydrogen-bond acceptors (Lipinski definition) is 6. The Morgan fingerprint density at radius 3 is 1.79 bits per heavy atom. The van der Waals surface area contributed by atoms with Crippen LogP contribution in [-0.4, -0.2) is 47.8 Å². The number of amides is 1. The topological polar surface area (TPSA) is 131 Å². The first-order valence-electron chi connectivity index (χ1n) is 17.9. The highest BCUT2D eigenvalue weighted by atomic mass is 31.2. The quantitative estimate of drug-likeness (QED) is 0.0324. The Labute approximate surface area is 292 Å². The van der Waals surface area contributed by atoms with Gasteiger partial charge in [0, 0.05) is 13.0 Å². The second-order valence-corrected chi connectivity index (χ2v) is 12.8. The molecule has 272 valence electrons. The first-order valence-corrected chi connectivity index (χ1v) is 19.4. The number of hydrogen-bond donors (Lipinski definition) is 4. The molecule has 0 rings (SSSR count). The lowest BCUT2D eigenvalue weighted by atomic mass is 10.1. The second-order valence-electron chi connectivity index (χ2n) is 11.3. The summed E-state index contributed by atoms with van der Waals surface area (Å²) in [5.41, 5.74) is 5.33. The summed E-state index contributed by atoms with van der Waals surface area (Å²) in [5, 5.41) is 13.5. The number of nitrogens with two attached hydrogens (primary N) is 1. The summed E-state index contributed by atoms with van der Waals surface area (Å²) < 4.78 is 21.9. The lowest BCUT2D eigenvalue weighted by molar-refractivity contribution is -0.122. The largest absolute Gasteiger partial charge is 0.472 e. The van der Waals surface area contributed by atoms with Crippen molar-refractivity contribution in [2.75, 3.05) is 19.8 Å². The highest BCUT2D eigenvalue weighted by Gasteiger charge is 2.26. The first-order chi connectivity index (χ1) is 23.4. The molecule has 0 aliphatic rings. The Hall–Kier alpha value is -2.58. The van der Waals surface area contributed by atoms with E-state index < -0.39 is 26.6 Å². The maximum atomic E-state index is 12.6. The van der Waals surface area contributed by atoms with E-state index in [1.807, 2.05) is 18.2 Å². The Morgan fingerprint density at radius 1 is 0.708 bits per heavy atom. The summed E-state index contributed by atoms with van der Waals surface area (Å²) in [4.78, 5) is 22.5. The second kappa shape index (κ2) is 34.3. The van der Waals surface area contributed by atoms with Crippen molar-refractivity contribution in [2.24, 2.45) is 5.73 Å². The normalized spacial score (nSPS) is 15.5. The molecule has 0 aromatic rings. The first kappa shape index (κ1) is 45.4. The molecule has 0 aliphatic heterocycles. The van der Waals surface area contributed by atoms with Gasteiger partial charge in [0.2, 0.25) is 5.91 Å². The molecular weight excluding hydrogens is 623 g/mol. The highest BCUT2D eigenvalue weighted by molar-refractivity contribution is 7.47. The van der Waals surface area contributed by atoms with Crippen LogP contribution in [0.4, 0.5) is 0 Å². The van der Waals surface area contributed by atoms with E-state index in [1.165, 1.54) is 25.7 Å². The molecule has 3 unspecified atom stereocenters. The Kier molecular flexibility index (Phi) is 32.4. The maximum Gasteiger partial charge on any atom is 0.472 e. The van der Waals surface area contributed by atoms with Crippen LogP contribution in [0, 0.1) is 0 Å². The van der Waals surface area contributed by atoms with E-state index in [9.17, 15) is 19.4 Å². The maximum absolute atomic E-state index is 12.6. The fourth-order valence-corrected chi connectivity index (χ4v) is 4.98. The minimum Gasteiger partial charge on any atom is -0.387 e. The van der Waals surface area contributed by atoms with Gasteiger partial charge >= 0.3 is 7.82 Å². The van der Waals surface area contributed by atoms with Crippen LogP contribution in [0.1, 0.15) is 110 Å². The summed E-state index contributed by atoms with van der Waals surface area (Å²) in [5.74, 6) is -0.294. The minimum atomic E-state index is -4.36. The zero-order valence-corrected chi connectivity index (χ0v) is 30.6. The summed E-state index contributed by atoms with van der Waals surface area (Å²) in [6, 6.07) is -0.921. The monoisotopic (exact) mass is 688 g/mol. The molecule has 0 heterocycles. The van der Waals surface area contributed by atoms with E-state index in [1.54, 1.807) is 6.08 Å². The third-order valence-corrected chi connectivity index (χ3v) is 7.89. The van der Waals surface area contributed by atoms with Crippen LogP contribution < -0.4 is 11.1 Å². The molecule has 1 amide bonds. The third-order valence-electron chi connectivity index (χ3n) is 6.91. The molecule has 0 saturated heterocycles. The van der Waals surface area contributed by atoms with Crippen molar-refractivity contribution in [2.45, 2.75) is 122 Å². The standard InChI is InChI=1S/C39H65N2O6P/c1-3-5-7-9-11-13-15-16-17-18-19-20-21-22-23-25-27-29-31-33-39(43)41-37(36-47-48(44,45)46-35-34-40)38(42)32-30-28-26-24-14-12-10-8-6-4-2/h5,7,11,13-14,16-17,19-20,22-24,27,29-30,32,37-38,42H,3-4,6,8-10,12,15,18,21,25-26,28,31,33-36,40H2,1-2H3,(H,41,43)(H,44,45)/b7-5-,13-11-,17-16-,20-19-,23-22-,24-14+,29-27-,32-30+. The molecule has 5 N–H and O–H groups in total. The van der Waals surface area contributed by atoms with Crippen molar-refractivity contribution in [1.29, 1.82) is 0 Å². The van der Waals surface area contributed by atoms with Gasteiger partial charge in [-0.15, -0.1) is 0 Å². The van der Waals surface area contributed by atoms with Gasteiger partial charge in [0.15, 0.2) is 0 Å². The van der Waals surface area contributed by atoms with Crippen LogP contribution in [-0.2, 0) is 18.4 Å². The zero-order chi connectivity index (χ0) is 35.4. The van der Waals surface area contributed by atoms with Crippen LogP contribution in [0.25, 0.3) is 0 Å². The molecule has 9 heteroatoms. The van der Waals surface area contributed by atoms with Crippen LogP contribution in [0.15, 0.2) is 97.2 Å². The number of carbonyl (C=O) groups is 1. The summed E-state index contributed by atoms with van der Waals surface area (Å²) in [6.45, 7) is 3.85. The molecule has 0 saturated carbocycles. The lowest BCUT2D eigenvalue weighted by Crippen LogP contribution is -2.45. The van der Waals surface area contributed by atoms with Crippen LogP contribution >= 0.6 is 7.82 Å². The molecule has 3 atom stereocenters. The van der Waals surface area contributed by atoms with Crippen molar-refractivity contribution in [3.05, 3.63) is 97.2 Å². The van der Waals surface area contributed by atoms with Gasteiger partial charge in [-0.3, -0.25) is 13.8 Å². The summed E-state index contributed by atoms with van der Waals surface area (Å²) >= 11 is 0. The van der Waals surface area contributed by atoms with E-state index in [-0.39, 0.29) is 25.5 Å². The molecule has 0 aromatic heterocycles. The van der Waals surface area contributed by atoms with E-state index in [2.05, 4.69) is 92.1 Å². The van der Waals surface area contributed by atoms with Gasteiger partial charge < -0.3 is 21.1 Å². The van der Waals surface area contributed by atoms with Gasteiger partial charge in [0.1, 0.15) is 0 Å². The smallest absolute Gasteiger partial charge is 0.387 e. The number of rotatable bonds is 31. The molecule has 0 aromatic carbocycles. The minimum absolute atomic E-state index is 0.0568. The number of phosphoric acid groups is 1. The SMILES string of the molecule is CC/C=C\C/C=C\C/C=C\C/C=C\C/C=C\C/C=C\CCC(=O)NC(COP(=O)(O)OCCN)C(O)/C=C/CC/C=C/CCCCCC. The van der Waals surface area contributed by atoms with E-state index in [0.29, 0.717) is 6.42 Å². The van der Waals surface area contributed by atoms with Crippen LogP contribution in [0.5, 0.6) is 0 Å². The van der Waals surface area contributed by atoms with Crippen molar-refractivity contribution in [3.8, 4) is 0 Å². The molecule has 8 nitrogen and oxygen atoms in total. The van der Waals surface area contributed by atoms with E-state index in [4.69, 9.17) is 14.8 Å². The van der Waals surface area contributed by atoms with Crippen LogP contribution in [0.3, 0.4) is 0 Å². The van der Waals surface area contributed by atoms with Crippen molar-refractivity contribution in [3.63, 3.8) is 0 Å². The molecule has 48 heavy (non-hydrogen) atoms. The summed E-state index contributed by atoms with van der Waals surface area (Å²) in [7, 11) is -4.36. The Balaban J connectivity index is 4.52. The van der Waals surface area contributed by atoms with Gasteiger partial charge in [-0.1, -0.05) is 130 Å². The van der Waals surface area contributed by atoms with Crippen LogP contribution in [0.2, 0.25) is 0 Å². The number of phosphoric ester groups is 1. The number of unbranched alkanes of at least 4 members (excludes halogenated alkanes) is 5. The molecule has 0 bridgehead atoms. The third kappa shape index (κ3) is 32.0. The van der Waals surface area contributed by atoms with Crippen molar-refractivity contribution < 1.29 is 28.4 Å². The Bertz CT molecular complexity index is 1060. The number of nitrogens with one attached hydrogen (secondary N) is 1. The van der Waals surface area contributed by atoms with Crippen molar-refractivity contribution in [1.82, 2.24) is 5.32 Å². The predicted octanol–water partition coefficient (Wildman–Crippen LogP) is 9.27. The predicted molar refractivity (Wildman–Crippen MR) is 202 cm³/mol. The number of carbonyl (C=O) groups excluding carboxylic acids is 1. The Morgan fingerprint density at radius 2 is 1.23 bits per heavy atom. The van der Waals surface area contributed by atoms with Gasteiger partial charge in [-0.2, -0.15) is 0 Å². The average Bonchev–Trinajstić information content (AvgIpc) is 3.07. The fraction of sp³-hybridized carbons (Fsp3) is 0.564. The molecule has 0 spiro atoms. The van der Waals surface area contributed by atoms with Gasteiger partial charge in [-0.05, 0) is 70.6 Å². The number of aliphatic hydroxyl groups excluding tert-OH is 1. The lowest BCUT2D eigenvalue weighted by Gasteiger charge is -2.23. The van der Waals surface area contributed by atoms with Gasteiger partial charge in [-0.25, -0.2) is 4.57 Å². The zero-order valence-electron chi connectivity index (χ0n) is 29.7. The summed E-state index contributed by atoms with van der Waals surface area (Å²) in [6.07, 6.45) is 46.2. The number of aliphatic hydroxyl groups is 1. The average molecular weight is 689 g/mol. The molecular formula is C39H65N2O6P. The van der Waals surface area contributed by atoms with Gasteiger partial charge in [0.25, 0.3) is 0 Å². The van der Waals surface area contributed by atoms with Crippen molar-refractivity contribution >= 4 is 13.7 Å². The van der Waals surface area contributed by atoms with Gasteiger partial charge in [0.05, 0.1) is 25.4 Å².